The van der Waals surface area contributed by atoms with E-state index in [-0.39, 0.29) is 0 Å². The normalized spacial score (nSPS) is 13.8. The molecule has 0 radical (unpaired) electrons. The maximum atomic E-state index is 11.2. The molecular weight excluding hydrogens is 248 g/mol. The SMILES string of the molecule is CC(C)C(=O)OC(=O)CC(O)(CC(=O)O)C(=O)O. The van der Waals surface area contributed by atoms with Gasteiger partial charge in [-0.05, 0) is 0 Å². The lowest BCUT2D eigenvalue weighted by Gasteiger charge is -2.19. The predicted octanol–water partition coefficient (Wildman–Crippen LogP) is -0.607. The van der Waals surface area contributed by atoms with Crippen molar-refractivity contribution in [3.63, 3.8) is 0 Å². The molecule has 0 aliphatic rings. The molecule has 18 heavy (non-hydrogen) atoms. The Labute approximate surface area is 102 Å². The highest BCUT2D eigenvalue weighted by molar-refractivity contribution is 5.92. The summed E-state index contributed by atoms with van der Waals surface area (Å²) in [6.45, 7) is 2.91. The van der Waals surface area contributed by atoms with E-state index < -0.39 is 48.2 Å². The Morgan fingerprint density at radius 1 is 1.11 bits per heavy atom. The second kappa shape index (κ2) is 6.10. The van der Waals surface area contributed by atoms with Crippen LogP contribution in [0.15, 0.2) is 0 Å². The van der Waals surface area contributed by atoms with E-state index in [2.05, 4.69) is 4.74 Å². The number of carbonyl (C=O) groups is 4. The molecule has 0 saturated carbocycles. The highest BCUT2D eigenvalue weighted by Gasteiger charge is 2.41. The summed E-state index contributed by atoms with van der Waals surface area (Å²) in [5.74, 6) is -6.25. The Hall–Kier alpha value is -1.96. The second-order valence-electron chi connectivity index (χ2n) is 4.03. The number of carboxylic acid groups (broad SMARTS) is 2. The van der Waals surface area contributed by atoms with Gasteiger partial charge >= 0.3 is 23.9 Å². The fourth-order valence-electron chi connectivity index (χ4n) is 0.969. The molecule has 0 spiro atoms. The van der Waals surface area contributed by atoms with E-state index in [1.165, 1.54) is 13.8 Å². The number of esters is 2. The summed E-state index contributed by atoms with van der Waals surface area (Å²) < 4.78 is 4.25. The Morgan fingerprint density at radius 3 is 1.94 bits per heavy atom. The Morgan fingerprint density at radius 2 is 1.61 bits per heavy atom. The molecule has 0 rings (SSSR count). The molecule has 0 aromatic heterocycles. The molecular formula is C10H14O8. The molecule has 0 aromatic rings. The van der Waals surface area contributed by atoms with Crippen LogP contribution < -0.4 is 0 Å². The van der Waals surface area contributed by atoms with Gasteiger partial charge in [0.25, 0.3) is 0 Å². The minimum atomic E-state index is -2.79. The van der Waals surface area contributed by atoms with Gasteiger partial charge in [0.05, 0.1) is 18.8 Å². The predicted molar refractivity (Wildman–Crippen MR) is 55.4 cm³/mol. The quantitative estimate of drug-likeness (QED) is 0.425. The lowest BCUT2D eigenvalue weighted by Crippen LogP contribution is -2.43. The third kappa shape index (κ3) is 4.91. The van der Waals surface area contributed by atoms with E-state index in [1.54, 1.807) is 0 Å². The zero-order valence-electron chi connectivity index (χ0n) is 9.87. The first kappa shape index (κ1) is 16.0. The van der Waals surface area contributed by atoms with Gasteiger partial charge in [-0.2, -0.15) is 0 Å². The van der Waals surface area contributed by atoms with Gasteiger partial charge in [0.15, 0.2) is 5.60 Å². The molecule has 1 atom stereocenters. The molecule has 0 bridgehead atoms. The van der Waals surface area contributed by atoms with Crippen LogP contribution in [0.5, 0.6) is 0 Å². The van der Waals surface area contributed by atoms with E-state index >= 15 is 0 Å². The summed E-state index contributed by atoms with van der Waals surface area (Å²) in [6.07, 6.45) is -2.29. The van der Waals surface area contributed by atoms with Crippen molar-refractivity contribution in [3.8, 4) is 0 Å². The number of hydrogen-bond donors (Lipinski definition) is 3. The molecule has 8 nitrogen and oxygen atoms in total. The zero-order chi connectivity index (χ0) is 14.5. The largest absolute Gasteiger partial charge is 0.481 e. The monoisotopic (exact) mass is 262 g/mol. The molecule has 3 N–H and O–H groups in total. The molecule has 1 unspecified atom stereocenters. The summed E-state index contributed by atoms with van der Waals surface area (Å²) in [6, 6.07) is 0. The topological polar surface area (TPSA) is 138 Å². The number of aliphatic hydroxyl groups is 1. The molecule has 0 fully saturated rings. The first-order valence-corrected chi connectivity index (χ1v) is 5.00. The average Bonchev–Trinajstić information content (AvgIpc) is 2.14. The summed E-state index contributed by atoms with van der Waals surface area (Å²) in [7, 11) is 0. The van der Waals surface area contributed by atoms with Gasteiger partial charge < -0.3 is 20.1 Å². The number of ether oxygens (including phenoxy) is 1. The fraction of sp³-hybridized carbons (Fsp3) is 0.600. The van der Waals surface area contributed by atoms with Crippen molar-refractivity contribution < 1.29 is 39.2 Å². The summed E-state index contributed by atoms with van der Waals surface area (Å²) >= 11 is 0. The van der Waals surface area contributed by atoms with Crippen molar-refractivity contribution in [2.45, 2.75) is 32.3 Å². The van der Waals surface area contributed by atoms with E-state index in [1.807, 2.05) is 0 Å². The molecule has 0 aliphatic heterocycles. The van der Waals surface area contributed by atoms with Crippen LogP contribution in [0.1, 0.15) is 26.7 Å². The summed E-state index contributed by atoms with van der Waals surface area (Å²) in [5.41, 5.74) is -2.79. The van der Waals surface area contributed by atoms with Gasteiger partial charge in [0.2, 0.25) is 0 Å². The standard InChI is InChI=1S/C10H14O8/c1-5(2)8(14)18-7(13)4-10(17,9(15)16)3-6(11)12/h5,17H,3-4H2,1-2H3,(H,11,12)(H,15,16). The highest BCUT2D eigenvalue weighted by Crippen LogP contribution is 2.17. The zero-order valence-corrected chi connectivity index (χ0v) is 9.87. The first-order chi connectivity index (χ1) is 8.08. The highest BCUT2D eigenvalue weighted by atomic mass is 16.6. The van der Waals surface area contributed by atoms with Crippen LogP contribution in [0.25, 0.3) is 0 Å². The molecule has 8 heteroatoms. The van der Waals surface area contributed by atoms with E-state index in [9.17, 15) is 24.3 Å². The maximum absolute atomic E-state index is 11.2. The average molecular weight is 262 g/mol. The molecule has 0 aliphatic carbocycles. The number of aliphatic carboxylic acids is 2. The van der Waals surface area contributed by atoms with Crippen molar-refractivity contribution in [1.82, 2.24) is 0 Å². The van der Waals surface area contributed by atoms with Gasteiger partial charge in [-0.3, -0.25) is 14.4 Å². The van der Waals surface area contributed by atoms with Crippen LogP contribution in [0.4, 0.5) is 0 Å². The van der Waals surface area contributed by atoms with Crippen molar-refractivity contribution in [3.05, 3.63) is 0 Å². The molecule has 0 saturated heterocycles. The van der Waals surface area contributed by atoms with Gasteiger partial charge in [-0.15, -0.1) is 0 Å². The number of hydrogen-bond acceptors (Lipinski definition) is 6. The third-order valence-electron chi connectivity index (χ3n) is 1.96. The van der Waals surface area contributed by atoms with Crippen LogP contribution in [0, 0.1) is 5.92 Å². The lowest BCUT2D eigenvalue weighted by molar-refractivity contribution is -0.175. The van der Waals surface area contributed by atoms with Gasteiger partial charge in [0, 0.05) is 0 Å². The van der Waals surface area contributed by atoms with Crippen LogP contribution in [-0.4, -0.2) is 44.8 Å². The van der Waals surface area contributed by atoms with Crippen molar-refractivity contribution >= 4 is 23.9 Å². The minimum absolute atomic E-state index is 0.605. The molecule has 0 amide bonds. The van der Waals surface area contributed by atoms with E-state index in [0.717, 1.165) is 0 Å². The van der Waals surface area contributed by atoms with Crippen LogP contribution in [-0.2, 0) is 23.9 Å². The van der Waals surface area contributed by atoms with E-state index in [0.29, 0.717) is 0 Å². The second-order valence-corrected chi connectivity index (χ2v) is 4.03. The van der Waals surface area contributed by atoms with Crippen LogP contribution in [0.3, 0.4) is 0 Å². The minimum Gasteiger partial charge on any atom is -0.481 e. The molecule has 0 heterocycles. The molecule has 0 aromatic carbocycles. The smallest absolute Gasteiger partial charge is 0.336 e. The number of rotatable bonds is 6. The Kier molecular flexibility index (Phi) is 5.44. The summed E-state index contributed by atoms with van der Waals surface area (Å²) in [5, 5.41) is 26.6. The maximum Gasteiger partial charge on any atom is 0.336 e. The van der Waals surface area contributed by atoms with Gasteiger partial charge in [-0.25, -0.2) is 4.79 Å². The van der Waals surface area contributed by atoms with Crippen molar-refractivity contribution in [1.29, 1.82) is 0 Å². The van der Waals surface area contributed by atoms with Gasteiger partial charge in [0.1, 0.15) is 0 Å². The lowest BCUT2D eigenvalue weighted by atomic mass is 9.96. The van der Waals surface area contributed by atoms with Crippen LogP contribution in [0.2, 0.25) is 0 Å². The number of carboxylic acids is 2. The molecule has 102 valence electrons. The van der Waals surface area contributed by atoms with E-state index in [4.69, 9.17) is 10.2 Å². The number of carbonyl (C=O) groups excluding carboxylic acids is 2. The van der Waals surface area contributed by atoms with Crippen molar-refractivity contribution in [2.24, 2.45) is 5.92 Å². The fourth-order valence-corrected chi connectivity index (χ4v) is 0.969. The van der Waals surface area contributed by atoms with Gasteiger partial charge in [-0.1, -0.05) is 13.8 Å². The third-order valence-corrected chi connectivity index (χ3v) is 1.96. The van der Waals surface area contributed by atoms with Crippen LogP contribution >= 0.6 is 0 Å². The Balaban J connectivity index is 4.70. The first-order valence-electron chi connectivity index (χ1n) is 5.00. The summed E-state index contributed by atoms with van der Waals surface area (Å²) in [4.78, 5) is 43.3. The Bertz CT molecular complexity index is 372. The van der Waals surface area contributed by atoms with Crippen molar-refractivity contribution in [2.75, 3.05) is 0 Å².